The second-order valence-corrected chi connectivity index (χ2v) is 7.08. The van der Waals surface area contributed by atoms with E-state index in [-0.39, 0.29) is 0 Å². The highest BCUT2D eigenvalue weighted by molar-refractivity contribution is 5.45. The van der Waals surface area contributed by atoms with Crippen molar-refractivity contribution < 1.29 is 15.3 Å². The van der Waals surface area contributed by atoms with Crippen molar-refractivity contribution in [3.63, 3.8) is 0 Å². The Hall–Kier alpha value is -0.900. The third kappa shape index (κ3) is 3.53. The van der Waals surface area contributed by atoms with Crippen molar-refractivity contribution in [3.05, 3.63) is 34.4 Å². The van der Waals surface area contributed by atoms with Gasteiger partial charge in [0.2, 0.25) is 0 Å². The van der Waals surface area contributed by atoms with Gasteiger partial charge in [-0.05, 0) is 81.3 Å². The second kappa shape index (κ2) is 6.31. The Balaban J connectivity index is 3.73. The van der Waals surface area contributed by atoms with Crippen LogP contribution in [0.4, 0.5) is 0 Å². The summed E-state index contributed by atoms with van der Waals surface area (Å²) in [5, 5.41) is 32.1. The van der Waals surface area contributed by atoms with Crippen molar-refractivity contribution in [1.82, 2.24) is 0 Å². The number of hydrogen-bond acceptors (Lipinski definition) is 3. The molecule has 3 N–H and O–H groups in total. The van der Waals surface area contributed by atoms with Crippen molar-refractivity contribution >= 4 is 0 Å². The number of benzene rings is 1. The van der Waals surface area contributed by atoms with E-state index in [1.54, 1.807) is 20.8 Å². The minimum absolute atomic E-state index is 0.567. The van der Waals surface area contributed by atoms with Crippen LogP contribution in [0.2, 0.25) is 0 Å². The van der Waals surface area contributed by atoms with E-state index in [9.17, 15) is 15.3 Å². The molecule has 1 rings (SSSR count). The van der Waals surface area contributed by atoms with Crippen LogP contribution in [0.3, 0.4) is 0 Å². The predicted molar refractivity (Wildman–Crippen MR) is 90.8 cm³/mol. The Morgan fingerprint density at radius 1 is 0.727 bits per heavy atom. The first-order valence-electron chi connectivity index (χ1n) is 8.26. The van der Waals surface area contributed by atoms with Gasteiger partial charge in [0.25, 0.3) is 0 Å². The lowest BCUT2D eigenvalue weighted by Crippen LogP contribution is -2.29. The molecule has 0 spiro atoms. The largest absolute Gasteiger partial charge is 0.385 e. The standard InChI is InChI=1S/C19H32O3/c1-8-17(5,20)14-11-15(18(6,21)9-2)13(4)16(12-14)19(7,22)10-3/h11-12,20-22H,8-10H2,1-7H3. The quantitative estimate of drug-likeness (QED) is 0.748. The molecule has 3 heteroatoms. The Morgan fingerprint density at radius 2 is 1.05 bits per heavy atom. The average molecular weight is 308 g/mol. The molecule has 22 heavy (non-hydrogen) atoms. The van der Waals surface area contributed by atoms with Gasteiger partial charge >= 0.3 is 0 Å². The van der Waals surface area contributed by atoms with Crippen LogP contribution in [0.25, 0.3) is 0 Å². The molecule has 0 aliphatic heterocycles. The van der Waals surface area contributed by atoms with Crippen LogP contribution in [0.15, 0.2) is 12.1 Å². The molecule has 3 nitrogen and oxygen atoms in total. The predicted octanol–water partition coefficient (Wildman–Crippen LogP) is 3.85. The number of hydrogen-bond donors (Lipinski definition) is 3. The molecule has 3 atom stereocenters. The Kier molecular flexibility index (Phi) is 5.49. The molecule has 0 bridgehead atoms. The van der Waals surface area contributed by atoms with Crippen molar-refractivity contribution in [3.8, 4) is 0 Å². The molecule has 3 unspecified atom stereocenters. The van der Waals surface area contributed by atoms with E-state index >= 15 is 0 Å². The van der Waals surface area contributed by atoms with E-state index in [0.717, 1.165) is 22.3 Å². The summed E-state index contributed by atoms with van der Waals surface area (Å²) in [4.78, 5) is 0. The van der Waals surface area contributed by atoms with Gasteiger partial charge in [0.15, 0.2) is 0 Å². The summed E-state index contributed by atoms with van der Waals surface area (Å²) in [5.41, 5.74) is 0.257. The van der Waals surface area contributed by atoms with Gasteiger partial charge in [-0.15, -0.1) is 0 Å². The zero-order chi connectivity index (χ0) is 17.3. The molecular formula is C19H32O3. The van der Waals surface area contributed by atoms with Crippen molar-refractivity contribution in [1.29, 1.82) is 0 Å². The number of rotatable bonds is 6. The zero-order valence-corrected chi connectivity index (χ0v) is 15.1. The first kappa shape index (κ1) is 19.1. The zero-order valence-electron chi connectivity index (χ0n) is 15.1. The van der Waals surface area contributed by atoms with E-state index in [2.05, 4.69) is 0 Å². The summed E-state index contributed by atoms with van der Waals surface area (Å²) in [6.45, 7) is 13.1. The van der Waals surface area contributed by atoms with Crippen molar-refractivity contribution in [2.75, 3.05) is 0 Å². The van der Waals surface area contributed by atoms with Gasteiger partial charge < -0.3 is 15.3 Å². The summed E-state index contributed by atoms with van der Waals surface area (Å²) in [6, 6.07) is 3.77. The van der Waals surface area contributed by atoms with E-state index in [4.69, 9.17) is 0 Å². The highest BCUT2D eigenvalue weighted by atomic mass is 16.3. The molecule has 0 heterocycles. The van der Waals surface area contributed by atoms with Crippen molar-refractivity contribution in [2.45, 2.75) is 84.5 Å². The van der Waals surface area contributed by atoms with Crippen LogP contribution >= 0.6 is 0 Å². The molecule has 0 saturated carbocycles. The highest BCUT2D eigenvalue weighted by Crippen LogP contribution is 2.38. The van der Waals surface area contributed by atoms with Gasteiger partial charge in [0.1, 0.15) is 0 Å². The topological polar surface area (TPSA) is 60.7 Å². The van der Waals surface area contributed by atoms with E-state index in [1.807, 2.05) is 39.8 Å². The van der Waals surface area contributed by atoms with Crippen LogP contribution in [0.1, 0.15) is 83.1 Å². The monoisotopic (exact) mass is 308 g/mol. The smallest absolute Gasteiger partial charge is 0.0868 e. The van der Waals surface area contributed by atoms with Crippen LogP contribution in [-0.4, -0.2) is 15.3 Å². The summed E-state index contributed by atoms with van der Waals surface area (Å²) < 4.78 is 0. The van der Waals surface area contributed by atoms with Crippen LogP contribution in [-0.2, 0) is 16.8 Å². The number of aliphatic hydroxyl groups is 3. The molecule has 1 aromatic carbocycles. The highest BCUT2D eigenvalue weighted by Gasteiger charge is 2.33. The average Bonchev–Trinajstić information content (AvgIpc) is 2.46. The molecule has 0 radical (unpaired) electrons. The molecule has 0 saturated heterocycles. The van der Waals surface area contributed by atoms with E-state index < -0.39 is 16.8 Å². The maximum Gasteiger partial charge on any atom is 0.0868 e. The molecule has 0 amide bonds. The lowest BCUT2D eigenvalue weighted by molar-refractivity contribution is 0.0387. The molecule has 0 aliphatic carbocycles. The van der Waals surface area contributed by atoms with Crippen LogP contribution in [0.5, 0.6) is 0 Å². The minimum atomic E-state index is -0.984. The summed E-state index contributed by atoms with van der Waals surface area (Å²) in [5.74, 6) is 0. The Labute approximate surface area is 135 Å². The van der Waals surface area contributed by atoms with Crippen molar-refractivity contribution in [2.24, 2.45) is 0 Å². The molecule has 126 valence electrons. The van der Waals surface area contributed by atoms with Crippen LogP contribution in [0, 0.1) is 6.92 Å². The van der Waals surface area contributed by atoms with Gasteiger partial charge in [0, 0.05) is 0 Å². The SMILES string of the molecule is CCC(C)(O)c1cc(C(C)(O)CC)c(C)c(C(C)(O)CC)c1. The van der Waals surface area contributed by atoms with Crippen LogP contribution < -0.4 is 0 Å². The second-order valence-electron chi connectivity index (χ2n) is 7.08. The lowest BCUT2D eigenvalue weighted by Gasteiger charge is -2.33. The normalized spacial score (nSPS) is 20.1. The maximum atomic E-state index is 10.7. The maximum absolute atomic E-state index is 10.7. The lowest BCUT2D eigenvalue weighted by atomic mass is 9.78. The van der Waals surface area contributed by atoms with E-state index in [0.29, 0.717) is 19.3 Å². The van der Waals surface area contributed by atoms with Gasteiger partial charge in [-0.3, -0.25) is 0 Å². The summed E-state index contributed by atoms with van der Waals surface area (Å²) in [6.07, 6.45) is 1.70. The fourth-order valence-electron chi connectivity index (χ4n) is 2.73. The Bertz CT molecular complexity index is 490. The minimum Gasteiger partial charge on any atom is -0.385 e. The first-order chi connectivity index (χ1) is 9.93. The third-order valence-corrected chi connectivity index (χ3v) is 5.26. The molecule has 1 aromatic rings. The van der Waals surface area contributed by atoms with Gasteiger partial charge in [-0.1, -0.05) is 20.8 Å². The molecule has 0 fully saturated rings. The fourth-order valence-corrected chi connectivity index (χ4v) is 2.73. The third-order valence-electron chi connectivity index (χ3n) is 5.26. The fraction of sp³-hybridized carbons (Fsp3) is 0.684. The van der Waals surface area contributed by atoms with Gasteiger partial charge in [-0.25, -0.2) is 0 Å². The molecule has 0 aromatic heterocycles. The molecule has 0 aliphatic rings. The Morgan fingerprint density at radius 3 is 1.32 bits per heavy atom. The summed E-state index contributed by atoms with van der Waals surface area (Å²) in [7, 11) is 0. The van der Waals surface area contributed by atoms with Gasteiger partial charge in [0.05, 0.1) is 16.8 Å². The first-order valence-corrected chi connectivity index (χ1v) is 8.26. The van der Waals surface area contributed by atoms with E-state index in [1.165, 1.54) is 0 Å². The summed E-state index contributed by atoms with van der Waals surface area (Å²) >= 11 is 0. The van der Waals surface area contributed by atoms with Gasteiger partial charge in [-0.2, -0.15) is 0 Å². The molecular weight excluding hydrogens is 276 g/mol.